The van der Waals surface area contributed by atoms with Crippen molar-refractivity contribution in [2.45, 2.75) is 19.4 Å². The van der Waals surface area contributed by atoms with Crippen LogP contribution in [0.3, 0.4) is 0 Å². The number of thiocarbonyl (C=S) groups is 1. The molecule has 0 saturated carbocycles. The molecule has 0 aliphatic carbocycles. The van der Waals surface area contributed by atoms with Crippen LogP contribution in [0.5, 0.6) is 0 Å². The Hall–Kier alpha value is -2.22. The van der Waals surface area contributed by atoms with E-state index in [1.54, 1.807) is 36.3 Å². The van der Waals surface area contributed by atoms with Gasteiger partial charge in [0.25, 0.3) is 0 Å². The molecule has 2 heterocycles. The first-order valence-electron chi connectivity index (χ1n) is 6.55. The summed E-state index contributed by atoms with van der Waals surface area (Å²) in [6.45, 7) is 0.727. The zero-order chi connectivity index (χ0) is 15.4. The van der Waals surface area contributed by atoms with Crippen molar-refractivity contribution in [3.05, 3.63) is 34.9 Å². The first kappa shape index (κ1) is 15.2. The fraction of sp³-hybridized carbons (Fsp3) is 0.385. The molecule has 0 bridgehead atoms. The van der Waals surface area contributed by atoms with Gasteiger partial charge in [0, 0.05) is 32.6 Å². The van der Waals surface area contributed by atoms with E-state index in [2.05, 4.69) is 5.10 Å². The van der Waals surface area contributed by atoms with Gasteiger partial charge in [0.2, 0.25) is 5.91 Å². The predicted octanol–water partition coefficient (Wildman–Crippen LogP) is 0.0207. The predicted molar refractivity (Wildman–Crippen MR) is 83.1 cm³/mol. The van der Waals surface area contributed by atoms with E-state index in [1.807, 2.05) is 0 Å². The molecule has 0 saturated heterocycles. The lowest BCUT2D eigenvalue weighted by Crippen LogP contribution is -2.32. The number of hydrogen-bond acceptors (Lipinski definition) is 4. The SMILES string of the molecule is CN(CCC(N)=S)C(=O)CCn1nc2ccccn2c1=O. The van der Waals surface area contributed by atoms with Crippen LogP contribution in [0.2, 0.25) is 0 Å². The number of aromatic nitrogens is 3. The molecule has 0 spiro atoms. The fourth-order valence-corrected chi connectivity index (χ4v) is 2.00. The number of nitrogens with zero attached hydrogens (tertiary/aromatic N) is 4. The van der Waals surface area contributed by atoms with Gasteiger partial charge in [-0.15, -0.1) is 5.10 Å². The van der Waals surface area contributed by atoms with Crippen molar-refractivity contribution in [2.75, 3.05) is 13.6 Å². The Morgan fingerprint density at radius 2 is 2.19 bits per heavy atom. The lowest BCUT2D eigenvalue weighted by atomic mass is 10.3. The van der Waals surface area contributed by atoms with Crippen LogP contribution in [0.4, 0.5) is 0 Å². The highest BCUT2D eigenvalue weighted by Gasteiger charge is 2.11. The third-order valence-electron chi connectivity index (χ3n) is 3.15. The minimum Gasteiger partial charge on any atom is -0.393 e. The normalized spacial score (nSPS) is 10.7. The first-order chi connectivity index (χ1) is 9.99. The maximum absolute atomic E-state index is 12.0. The molecule has 7 nitrogen and oxygen atoms in total. The molecular weight excluding hydrogens is 290 g/mol. The quantitative estimate of drug-likeness (QED) is 0.761. The van der Waals surface area contributed by atoms with Crippen molar-refractivity contribution in [1.82, 2.24) is 19.1 Å². The van der Waals surface area contributed by atoms with E-state index in [0.717, 1.165) is 0 Å². The van der Waals surface area contributed by atoms with Gasteiger partial charge in [-0.3, -0.25) is 9.20 Å². The smallest absolute Gasteiger partial charge is 0.350 e. The molecule has 0 unspecified atom stereocenters. The molecule has 21 heavy (non-hydrogen) atoms. The van der Waals surface area contributed by atoms with E-state index in [4.69, 9.17) is 18.0 Å². The summed E-state index contributed by atoms with van der Waals surface area (Å²) in [7, 11) is 1.69. The van der Waals surface area contributed by atoms with Crippen molar-refractivity contribution >= 4 is 28.8 Å². The first-order valence-corrected chi connectivity index (χ1v) is 6.96. The highest BCUT2D eigenvalue weighted by atomic mass is 32.1. The topological polar surface area (TPSA) is 85.6 Å². The maximum atomic E-state index is 12.0. The minimum atomic E-state index is -0.246. The zero-order valence-corrected chi connectivity index (χ0v) is 12.5. The van der Waals surface area contributed by atoms with E-state index in [1.165, 1.54) is 9.08 Å². The van der Waals surface area contributed by atoms with Crippen molar-refractivity contribution in [3.8, 4) is 0 Å². The van der Waals surface area contributed by atoms with Gasteiger partial charge in [-0.2, -0.15) is 0 Å². The maximum Gasteiger partial charge on any atom is 0.350 e. The second-order valence-corrected chi connectivity index (χ2v) is 5.24. The van der Waals surface area contributed by atoms with Gasteiger partial charge in [-0.1, -0.05) is 18.3 Å². The second-order valence-electron chi connectivity index (χ2n) is 4.72. The minimum absolute atomic E-state index is 0.0739. The Morgan fingerprint density at radius 3 is 2.86 bits per heavy atom. The largest absolute Gasteiger partial charge is 0.393 e. The highest BCUT2D eigenvalue weighted by molar-refractivity contribution is 7.80. The molecular formula is C13H17N5O2S. The summed E-state index contributed by atoms with van der Waals surface area (Å²) in [6, 6.07) is 5.31. The molecule has 0 aliphatic rings. The van der Waals surface area contributed by atoms with Crippen LogP contribution in [-0.4, -0.2) is 43.6 Å². The molecule has 0 radical (unpaired) electrons. The average molecular weight is 307 g/mol. The molecule has 0 aliphatic heterocycles. The van der Waals surface area contributed by atoms with Crippen LogP contribution in [0.25, 0.3) is 5.65 Å². The van der Waals surface area contributed by atoms with E-state index in [0.29, 0.717) is 23.6 Å². The molecule has 0 atom stereocenters. The lowest BCUT2D eigenvalue weighted by Gasteiger charge is -2.16. The van der Waals surface area contributed by atoms with Gasteiger partial charge in [0.15, 0.2) is 5.65 Å². The number of aryl methyl sites for hydroxylation is 1. The summed E-state index contributed by atoms with van der Waals surface area (Å²) in [5.74, 6) is -0.0739. The number of hydrogen-bond donors (Lipinski definition) is 1. The van der Waals surface area contributed by atoms with Crippen LogP contribution in [-0.2, 0) is 11.3 Å². The Morgan fingerprint density at radius 1 is 1.43 bits per heavy atom. The summed E-state index contributed by atoms with van der Waals surface area (Å²) in [4.78, 5) is 25.9. The average Bonchev–Trinajstić information content (AvgIpc) is 2.79. The molecule has 1 amide bonds. The third-order valence-corrected chi connectivity index (χ3v) is 3.35. The Kier molecular flexibility index (Phi) is 4.69. The van der Waals surface area contributed by atoms with Crippen molar-refractivity contribution in [1.29, 1.82) is 0 Å². The molecule has 2 aromatic heterocycles. The molecule has 8 heteroatoms. The van der Waals surface area contributed by atoms with Crippen LogP contribution in [0, 0.1) is 0 Å². The van der Waals surface area contributed by atoms with Gasteiger partial charge < -0.3 is 10.6 Å². The number of nitrogens with two attached hydrogens (primary N) is 1. The summed E-state index contributed by atoms with van der Waals surface area (Å²) in [5, 5.41) is 4.17. The van der Waals surface area contributed by atoms with Gasteiger partial charge in [-0.25, -0.2) is 9.48 Å². The Balaban J connectivity index is 1.98. The molecule has 112 valence electrons. The number of carbonyl (C=O) groups is 1. The van der Waals surface area contributed by atoms with Crippen molar-refractivity contribution < 1.29 is 4.79 Å². The van der Waals surface area contributed by atoms with Crippen LogP contribution in [0.15, 0.2) is 29.2 Å². The van der Waals surface area contributed by atoms with E-state index in [9.17, 15) is 9.59 Å². The molecule has 2 N–H and O–H groups in total. The number of carbonyl (C=O) groups excluding carboxylic acids is 1. The van der Waals surface area contributed by atoms with Crippen LogP contribution in [0.1, 0.15) is 12.8 Å². The second kappa shape index (κ2) is 6.49. The van der Waals surface area contributed by atoms with Gasteiger partial charge in [-0.05, 0) is 12.1 Å². The van der Waals surface area contributed by atoms with E-state index in [-0.39, 0.29) is 24.6 Å². The summed E-state index contributed by atoms with van der Waals surface area (Å²) >= 11 is 4.78. The van der Waals surface area contributed by atoms with Crippen molar-refractivity contribution in [2.24, 2.45) is 5.73 Å². The number of fused-ring (bicyclic) bond motifs is 1. The summed E-state index contributed by atoms with van der Waals surface area (Å²) < 4.78 is 2.75. The highest BCUT2D eigenvalue weighted by Crippen LogP contribution is 1.98. The van der Waals surface area contributed by atoms with Crippen LogP contribution >= 0.6 is 12.2 Å². The molecule has 2 rings (SSSR count). The Bertz CT molecular complexity index is 721. The molecule has 0 aromatic carbocycles. The summed E-state index contributed by atoms with van der Waals surface area (Å²) in [6.07, 6.45) is 2.35. The third kappa shape index (κ3) is 3.66. The van der Waals surface area contributed by atoms with Gasteiger partial charge >= 0.3 is 5.69 Å². The molecule has 2 aromatic rings. The van der Waals surface area contributed by atoms with Gasteiger partial charge in [0.05, 0.1) is 11.5 Å². The lowest BCUT2D eigenvalue weighted by molar-refractivity contribution is -0.130. The number of pyridine rings is 1. The zero-order valence-electron chi connectivity index (χ0n) is 11.7. The van der Waals surface area contributed by atoms with Gasteiger partial charge in [0.1, 0.15) is 0 Å². The number of rotatable bonds is 6. The van der Waals surface area contributed by atoms with E-state index >= 15 is 0 Å². The number of amides is 1. The Labute approximate surface area is 127 Å². The van der Waals surface area contributed by atoms with Crippen molar-refractivity contribution in [3.63, 3.8) is 0 Å². The fourth-order valence-electron chi connectivity index (χ4n) is 1.91. The van der Waals surface area contributed by atoms with E-state index < -0.39 is 0 Å². The standard InChI is InChI=1S/C13H17N5O2S/c1-16(8-5-10(14)21)12(19)6-9-18-13(20)17-7-3-2-4-11(17)15-18/h2-4,7H,5-6,8-9H2,1H3,(H2,14,21). The monoisotopic (exact) mass is 307 g/mol. The molecule has 0 fully saturated rings. The van der Waals surface area contributed by atoms with Crippen LogP contribution < -0.4 is 11.4 Å². The summed E-state index contributed by atoms with van der Waals surface area (Å²) in [5.41, 5.74) is 5.72.